The summed E-state index contributed by atoms with van der Waals surface area (Å²) in [4.78, 5) is 38.2. The second-order valence-electron chi connectivity index (χ2n) is 8.45. The molecule has 4 rings (SSSR count). The molecule has 0 bridgehead atoms. The maximum Gasteiger partial charge on any atom is 0.416 e. The minimum absolute atomic E-state index is 0.106. The molecule has 186 valence electrons. The summed E-state index contributed by atoms with van der Waals surface area (Å²) in [5.41, 5.74) is -0.158. The number of anilines is 2. The number of hydrogen-bond donors (Lipinski definition) is 1. The first-order chi connectivity index (χ1) is 16.6. The standard InChI is InChI=1S/C23H23F3N4O5/c24-23(25,26)17-4-5-19(20(13-17)30(33)34)28-8-6-16(7-9-28)21(31)27-18-3-1-2-15(12-18)14-29-10-11-35-22(29)32/h1-5,12-13,16H,6-11,14H2,(H,27,31). The van der Waals surface area contributed by atoms with E-state index in [1.165, 1.54) is 0 Å². The topological polar surface area (TPSA) is 105 Å². The number of carbonyl (C=O) groups is 2. The van der Waals surface area contributed by atoms with Gasteiger partial charge in [0, 0.05) is 37.3 Å². The Morgan fingerprint density at radius 1 is 1.14 bits per heavy atom. The van der Waals surface area contributed by atoms with Gasteiger partial charge in [0.1, 0.15) is 12.3 Å². The number of nitrogens with one attached hydrogen (secondary N) is 1. The highest BCUT2D eigenvalue weighted by atomic mass is 19.4. The van der Waals surface area contributed by atoms with E-state index >= 15 is 0 Å². The molecule has 2 fully saturated rings. The third-order valence-corrected chi connectivity index (χ3v) is 6.12. The van der Waals surface area contributed by atoms with Crippen molar-refractivity contribution < 1.29 is 32.4 Å². The van der Waals surface area contributed by atoms with Crippen molar-refractivity contribution in [2.24, 2.45) is 5.92 Å². The van der Waals surface area contributed by atoms with Crippen LogP contribution in [0.25, 0.3) is 0 Å². The average molecular weight is 492 g/mol. The molecule has 0 aromatic heterocycles. The van der Waals surface area contributed by atoms with Crippen LogP contribution in [0.3, 0.4) is 0 Å². The zero-order valence-electron chi connectivity index (χ0n) is 18.6. The van der Waals surface area contributed by atoms with Gasteiger partial charge in [-0.25, -0.2) is 4.79 Å². The summed E-state index contributed by atoms with van der Waals surface area (Å²) in [6.07, 6.45) is -4.27. The minimum atomic E-state index is -4.68. The molecule has 0 radical (unpaired) electrons. The summed E-state index contributed by atoms with van der Waals surface area (Å²) < 4.78 is 43.8. The molecular formula is C23H23F3N4O5. The first kappa shape index (κ1) is 24.3. The van der Waals surface area contributed by atoms with Gasteiger partial charge in [0.15, 0.2) is 0 Å². The van der Waals surface area contributed by atoms with Crippen LogP contribution < -0.4 is 10.2 Å². The number of ether oxygens (including phenoxy) is 1. The molecule has 12 heteroatoms. The van der Waals surface area contributed by atoms with Gasteiger partial charge in [0.05, 0.1) is 17.0 Å². The molecule has 0 aliphatic carbocycles. The van der Waals surface area contributed by atoms with Gasteiger partial charge in [0.2, 0.25) is 5.91 Å². The highest BCUT2D eigenvalue weighted by Gasteiger charge is 2.35. The zero-order valence-corrected chi connectivity index (χ0v) is 18.6. The van der Waals surface area contributed by atoms with E-state index in [1.807, 2.05) is 6.07 Å². The van der Waals surface area contributed by atoms with E-state index < -0.39 is 22.4 Å². The van der Waals surface area contributed by atoms with E-state index in [0.717, 1.165) is 17.7 Å². The number of alkyl halides is 3. The van der Waals surface area contributed by atoms with Crippen molar-refractivity contribution in [3.63, 3.8) is 0 Å². The van der Waals surface area contributed by atoms with Crippen molar-refractivity contribution in [2.75, 3.05) is 36.5 Å². The molecule has 35 heavy (non-hydrogen) atoms. The van der Waals surface area contributed by atoms with Gasteiger partial charge in [-0.15, -0.1) is 0 Å². The number of nitro benzene ring substituents is 1. The third kappa shape index (κ3) is 5.64. The van der Waals surface area contributed by atoms with E-state index in [4.69, 9.17) is 4.74 Å². The van der Waals surface area contributed by atoms with Gasteiger partial charge in [-0.05, 0) is 42.7 Å². The highest BCUT2D eigenvalue weighted by molar-refractivity contribution is 5.92. The van der Waals surface area contributed by atoms with Crippen LogP contribution in [0.5, 0.6) is 0 Å². The Morgan fingerprint density at radius 3 is 2.51 bits per heavy atom. The lowest BCUT2D eigenvalue weighted by Crippen LogP contribution is -2.38. The number of hydrogen-bond acceptors (Lipinski definition) is 6. The lowest BCUT2D eigenvalue weighted by Gasteiger charge is -2.32. The smallest absolute Gasteiger partial charge is 0.416 e. The van der Waals surface area contributed by atoms with Crippen LogP contribution >= 0.6 is 0 Å². The number of cyclic esters (lactones) is 1. The van der Waals surface area contributed by atoms with Crippen LogP contribution in [0.2, 0.25) is 0 Å². The van der Waals surface area contributed by atoms with E-state index in [9.17, 15) is 32.9 Å². The number of halogens is 3. The Hall–Kier alpha value is -3.83. The number of benzene rings is 2. The minimum Gasteiger partial charge on any atom is -0.448 e. The summed E-state index contributed by atoms with van der Waals surface area (Å²) in [5.74, 6) is -0.554. The first-order valence-electron chi connectivity index (χ1n) is 11.0. The Bertz CT molecular complexity index is 1130. The second kappa shape index (κ2) is 9.80. The fourth-order valence-corrected chi connectivity index (χ4v) is 4.28. The van der Waals surface area contributed by atoms with Gasteiger partial charge in [-0.1, -0.05) is 12.1 Å². The van der Waals surface area contributed by atoms with Gasteiger partial charge in [-0.2, -0.15) is 13.2 Å². The van der Waals surface area contributed by atoms with Crippen molar-refractivity contribution in [1.29, 1.82) is 0 Å². The van der Waals surface area contributed by atoms with Crippen molar-refractivity contribution in [1.82, 2.24) is 4.90 Å². The molecule has 0 spiro atoms. The van der Waals surface area contributed by atoms with Gasteiger partial charge >= 0.3 is 12.3 Å². The molecule has 2 aliphatic heterocycles. The normalized spacial score (nSPS) is 16.8. The maximum absolute atomic E-state index is 13.0. The van der Waals surface area contributed by atoms with Crippen molar-refractivity contribution >= 4 is 29.1 Å². The SMILES string of the molecule is O=C(Nc1cccc(CN2CCOC2=O)c1)C1CCN(c2ccc(C(F)(F)F)cc2[N+](=O)[O-])CC1. The predicted octanol–water partition coefficient (Wildman–Crippen LogP) is 4.42. The molecule has 2 aliphatic rings. The van der Waals surface area contributed by atoms with Gasteiger partial charge in [0.25, 0.3) is 5.69 Å². The van der Waals surface area contributed by atoms with Gasteiger partial charge in [-0.3, -0.25) is 14.9 Å². The summed E-state index contributed by atoms with van der Waals surface area (Å²) in [6.45, 7) is 1.81. The lowest BCUT2D eigenvalue weighted by atomic mass is 9.95. The van der Waals surface area contributed by atoms with Crippen LogP contribution in [-0.4, -0.2) is 48.1 Å². The average Bonchev–Trinajstić information content (AvgIpc) is 3.22. The molecule has 2 heterocycles. The van der Waals surface area contributed by atoms with Crippen molar-refractivity contribution in [3.05, 3.63) is 63.7 Å². The van der Waals surface area contributed by atoms with E-state index in [0.29, 0.717) is 57.4 Å². The Morgan fingerprint density at radius 2 is 1.89 bits per heavy atom. The van der Waals surface area contributed by atoms with Crippen LogP contribution in [0.1, 0.15) is 24.0 Å². The van der Waals surface area contributed by atoms with Crippen molar-refractivity contribution in [2.45, 2.75) is 25.6 Å². The fourth-order valence-electron chi connectivity index (χ4n) is 4.28. The number of amides is 2. The van der Waals surface area contributed by atoms with Crippen LogP contribution in [-0.2, 0) is 22.3 Å². The molecule has 1 N–H and O–H groups in total. The lowest BCUT2D eigenvalue weighted by molar-refractivity contribution is -0.384. The summed E-state index contributed by atoms with van der Waals surface area (Å²) in [7, 11) is 0. The Balaban J connectivity index is 1.37. The van der Waals surface area contributed by atoms with Crippen molar-refractivity contribution in [3.8, 4) is 0 Å². The van der Waals surface area contributed by atoms with Crippen LogP contribution in [0.15, 0.2) is 42.5 Å². The molecule has 2 saturated heterocycles. The summed E-state index contributed by atoms with van der Waals surface area (Å²) >= 11 is 0. The first-order valence-corrected chi connectivity index (χ1v) is 11.0. The largest absolute Gasteiger partial charge is 0.448 e. The number of carbonyl (C=O) groups excluding carboxylic acids is 2. The molecule has 0 saturated carbocycles. The summed E-state index contributed by atoms with van der Waals surface area (Å²) in [6, 6.07) is 9.63. The van der Waals surface area contributed by atoms with Crippen LogP contribution in [0, 0.1) is 16.0 Å². The number of piperidine rings is 1. The third-order valence-electron chi connectivity index (χ3n) is 6.12. The maximum atomic E-state index is 13.0. The Kier molecular flexibility index (Phi) is 6.81. The predicted molar refractivity (Wildman–Crippen MR) is 120 cm³/mol. The molecule has 0 unspecified atom stereocenters. The van der Waals surface area contributed by atoms with E-state index in [1.54, 1.807) is 28.0 Å². The molecule has 0 atom stereocenters. The van der Waals surface area contributed by atoms with Gasteiger partial charge < -0.3 is 19.9 Å². The van der Waals surface area contributed by atoms with E-state index in [-0.39, 0.29) is 23.6 Å². The number of nitro groups is 1. The zero-order chi connectivity index (χ0) is 25.2. The fraction of sp³-hybridized carbons (Fsp3) is 0.391. The molecule has 2 amide bonds. The van der Waals surface area contributed by atoms with E-state index in [2.05, 4.69) is 5.32 Å². The highest BCUT2D eigenvalue weighted by Crippen LogP contribution is 2.37. The number of nitrogens with zero attached hydrogens (tertiary/aromatic N) is 3. The quantitative estimate of drug-likeness (QED) is 0.473. The monoisotopic (exact) mass is 492 g/mol. The summed E-state index contributed by atoms with van der Waals surface area (Å²) in [5, 5.41) is 14.3. The molecule has 9 nitrogen and oxygen atoms in total. The van der Waals surface area contributed by atoms with Crippen LogP contribution in [0.4, 0.5) is 35.0 Å². The Labute approximate surface area is 198 Å². The molecule has 2 aromatic carbocycles. The molecule has 2 aromatic rings. The second-order valence-corrected chi connectivity index (χ2v) is 8.45. The molecular weight excluding hydrogens is 469 g/mol. The number of rotatable bonds is 6.